The smallest absolute Gasteiger partial charge is 0.418 e. The van der Waals surface area contributed by atoms with Crippen LogP contribution in [0.15, 0.2) is 79.0 Å². The van der Waals surface area contributed by atoms with Gasteiger partial charge in [0.25, 0.3) is 11.8 Å². The Kier molecular flexibility index (Phi) is 14.5. The van der Waals surface area contributed by atoms with Gasteiger partial charge in [-0.15, -0.1) is 5.10 Å². The number of likely N-dealkylation sites (tertiary alicyclic amines) is 1. The van der Waals surface area contributed by atoms with Crippen LogP contribution in [-0.4, -0.2) is 137 Å². The number of aromatic nitrogens is 6. The number of aryl methyl sites for hydroxylation is 1. The van der Waals surface area contributed by atoms with Crippen LogP contribution in [0.4, 0.5) is 27.6 Å². The molecular formula is C53H47Cl2F5N10O10. The summed E-state index contributed by atoms with van der Waals surface area (Å²) < 4.78 is 93.3. The summed E-state index contributed by atoms with van der Waals surface area (Å²) in [6.45, 7) is 1.22. The van der Waals surface area contributed by atoms with E-state index in [1.54, 1.807) is 47.4 Å². The molecular weight excluding hydrogens is 1100 g/mol. The third kappa shape index (κ3) is 10.5. The first-order valence-corrected chi connectivity index (χ1v) is 25.9. The lowest BCUT2D eigenvalue weighted by molar-refractivity contribution is -0.226. The Labute approximate surface area is 460 Å². The van der Waals surface area contributed by atoms with Crippen LogP contribution in [0, 0.1) is 29.9 Å². The van der Waals surface area contributed by atoms with Crippen molar-refractivity contribution in [1.82, 2.24) is 44.9 Å². The van der Waals surface area contributed by atoms with Crippen LogP contribution in [0.5, 0.6) is 5.75 Å². The number of rotatable bonds is 14. The number of carbonyl (C=O) groups excluding carboxylic acids is 5. The maximum atomic E-state index is 14.6. The van der Waals surface area contributed by atoms with Crippen molar-refractivity contribution in [3.63, 3.8) is 0 Å². The molecule has 0 bridgehead atoms. The standard InChI is InChI=1S/C53H47Cl2F5N10O10/c1-25-61-48(70(65-25)39-15-30(54)4-9-34(39)53(58,59)60)47-46(44(45(74)40(20-71)80-47)69-19-37(64-66-69)28-13-35(56)43(55)36(57)14-28)79-22-42(73)67-23-52(24-67)16-26(17-52)21-78-32-6-2-27(3-7-32)49(75)62-31-5-8-33-29(12-31)18-68(51(33)77)38-10-11-41(72)63-50(38)76/h2-9,12-15,19,26,38,40,44-47,71,74H,10-11,16-18,20-24H2,1H3,(H,62,75)(H,63,72,76)/t38?,40-,44+,45+,46-,47-/m1/s1. The summed E-state index contributed by atoms with van der Waals surface area (Å²) in [5, 5.41) is 39.0. The lowest BCUT2D eigenvalue weighted by Crippen LogP contribution is -2.65. The number of nitrogens with zero attached hydrogens (tertiary/aromatic N) is 8. The van der Waals surface area contributed by atoms with Gasteiger partial charge < -0.3 is 39.5 Å². The highest BCUT2D eigenvalue weighted by Gasteiger charge is 2.55. The van der Waals surface area contributed by atoms with Gasteiger partial charge in [0.15, 0.2) is 5.82 Å². The molecule has 11 rings (SSSR count). The number of imide groups is 1. The highest BCUT2D eigenvalue weighted by Crippen LogP contribution is 2.52. The van der Waals surface area contributed by atoms with E-state index >= 15 is 0 Å². The highest BCUT2D eigenvalue weighted by atomic mass is 35.5. The molecule has 6 atom stereocenters. The van der Waals surface area contributed by atoms with Crippen LogP contribution < -0.4 is 15.4 Å². The highest BCUT2D eigenvalue weighted by molar-refractivity contribution is 6.31. The molecule has 5 aliphatic rings. The molecule has 80 heavy (non-hydrogen) atoms. The van der Waals surface area contributed by atoms with Crippen molar-refractivity contribution < 1.29 is 70.3 Å². The molecule has 6 heterocycles. The van der Waals surface area contributed by atoms with Crippen LogP contribution in [-0.2, 0) is 36.6 Å². The predicted molar refractivity (Wildman–Crippen MR) is 270 cm³/mol. The number of nitrogens with one attached hydrogen (secondary N) is 2. The second-order valence-corrected chi connectivity index (χ2v) is 21.4. The van der Waals surface area contributed by atoms with Crippen molar-refractivity contribution in [2.24, 2.45) is 11.3 Å². The molecule has 2 aromatic heterocycles. The van der Waals surface area contributed by atoms with Gasteiger partial charge in [-0.05, 0) is 110 Å². The molecule has 3 saturated heterocycles. The molecule has 418 valence electrons. The number of hydrogen-bond acceptors (Lipinski definition) is 14. The minimum atomic E-state index is -4.90. The van der Waals surface area contributed by atoms with Crippen LogP contribution in [0.25, 0.3) is 16.9 Å². The number of halogens is 7. The summed E-state index contributed by atoms with van der Waals surface area (Å²) >= 11 is 11.9. The number of alkyl halides is 3. The number of anilines is 1. The van der Waals surface area contributed by atoms with Crippen molar-refractivity contribution in [2.75, 3.05) is 38.2 Å². The third-order valence-electron chi connectivity index (χ3n) is 15.1. The quantitative estimate of drug-likeness (QED) is 0.0540. The molecule has 4 N–H and O–H groups in total. The number of carbonyl (C=O) groups is 5. The van der Waals surface area contributed by atoms with E-state index in [1.165, 1.54) is 18.0 Å². The Morgan fingerprint density at radius 2 is 1.73 bits per heavy atom. The number of hydrogen-bond donors (Lipinski definition) is 4. The Bertz CT molecular complexity index is 3440. The van der Waals surface area contributed by atoms with Crippen molar-refractivity contribution >= 4 is 58.4 Å². The van der Waals surface area contributed by atoms with Crippen LogP contribution >= 0.6 is 23.2 Å². The van der Waals surface area contributed by atoms with Gasteiger partial charge >= 0.3 is 6.18 Å². The van der Waals surface area contributed by atoms with Crippen molar-refractivity contribution in [3.05, 3.63) is 135 Å². The van der Waals surface area contributed by atoms with Gasteiger partial charge in [0.1, 0.15) is 77.0 Å². The zero-order valence-electron chi connectivity index (χ0n) is 42.0. The third-order valence-corrected chi connectivity index (χ3v) is 15.7. The Morgan fingerprint density at radius 3 is 2.42 bits per heavy atom. The van der Waals surface area contributed by atoms with E-state index < -0.39 is 102 Å². The van der Waals surface area contributed by atoms with Gasteiger partial charge in [0.05, 0.1) is 30.7 Å². The number of ether oxygens (including phenoxy) is 3. The molecule has 5 amide bonds. The fraction of sp³-hybridized carbons (Fsp3) is 0.377. The van der Waals surface area contributed by atoms with Gasteiger partial charge in [-0.2, -0.15) is 18.3 Å². The summed E-state index contributed by atoms with van der Waals surface area (Å²) in [4.78, 5) is 71.8. The molecule has 1 saturated carbocycles. The van der Waals surface area contributed by atoms with Crippen LogP contribution in [0.3, 0.4) is 0 Å². The average Bonchev–Trinajstić information content (AvgIpc) is 4.28. The topological polar surface area (TPSA) is 245 Å². The lowest BCUT2D eigenvalue weighted by atomic mass is 9.58. The van der Waals surface area contributed by atoms with E-state index in [0.717, 1.165) is 52.5 Å². The summed E-state index contributed by atoms with van der Waals surface area (Å²) in [6.07, 6.45) is -8.13. The van der Waals surface area contributed by atoms with Gasteiger partial charge in [0, 0.05) is 58.9 Å². The SMILES string of the molecule is Cc1nc([C@@H]2O[C@H](CO)[C@H](O)[C@H](n3cc(-c4cc(F)c(Cl)c(F)c4)nn3)[C@H]2OCC(=O)N2CC3(CC(COc4ccc(C(=O)Nc5ccc6c(c5)CN(C5CCC(=O)NC5=O)C6=O)cc4)C3)C2)n(-c2cc(Cl)ccc2C(F)(F)F)n1. The van der Waals surface area contributed by atoms with E-state index in [4.69, 9.17) is 37.4 Å². The average molecular weight is 1150 g/mol. The summed E-state index contributed by atoms with van der Waals surface area (Å²) in [6, 6.07) is 13.9. The molecule has 27 heteroatoms. The first kappa shape index (κ1) is 54.5. The largest absolute Gasteiger partial charge is 0.493 e. The zero-order valence-corrected chi connectivity index (χ0v) is 43.5. The molecule has 6 aromatic rings. The van der Waals surface area contributed by atoms with Gasteiger partial charge in [-0.3, -0.25) is 29.3 Å². The van der Waals surface area contributed by atoms with Gasteiger partial charge in [-0.1, -0.05) is 28.4 Å². The maximum absolute atomic E-state index is 14.6. The number of aliphatic hydroxyl groups is 2. The van der Waals surface area contributed by atoms with E-state index in [-0.39, 0.29) is 70.5 Å². The molecule has 20 nitrogen and oxygen atoms in total. The molecule has 4 aromatic carbocycles. The number of amides is 5. The van der Waals surface area contributed by atoms with E-state index in [1.807, 2.05) is 0 Å². The number of piperidine rings is 1. The molecule has 4 fully saturated rings. The second-order valence-electron chi connectivity index (χ2n) is 20.5. The van der Waals surface area contributed by atoms with Crippen molar-refractivity contribution in [3.8, 4) is 22.7 Å². The fourth-order valence-corrected chi connectivity index (χ4v) is 11.5. The van der Waals surface area contributed by atoms with E-state index in [2.05, 4.69) is 31.0 Å². The summed E-state index contributed by atoms with van der Waals surface area (Å²) in [7, 11) is 0. The summed E-state index contributed by atoms with van der Waals surface area (Å²) in [5.74, 6) is -3.90. The fourth-order valence-electron chi connectivity index (χ4n) is 11.3. The zero-order chi connectivity index (χ0) is 56.5. The Balaban J connectivity index is 0.731. The predicted octanol–water partition coefficient (Wildman–Crippen LogP) is 6.19. The second kappa shape index (κ2) is 21.2. The minimum Gasteiger partial charge on any atom is -0.493 e. The Morgan fingerprint density at radius 1 is 0.988 bits per heavy atom. The molecule has 1 spiro atoms. The summed E-state index contributed by atoms with van der Waals surface area (Å²) in [5.41, 5.74) is -0.190. The number of fused-ring (bicyclic) bond motifs is 1. The Hall–Kier alpha value is -7.42. The number of aliphatic hydroxyl groups excluding tert-OH is 2. The first-order valence-electron chi connectivity index (χ1n) is 25.2. The molecule has 1 unspecified atom stereocenters. The normalized spacial score (nSPS) is 22.7. The minimum absolute atomic E-state index is 0.0174. The van der Waals surface area contributed by atoms with Crippen molar-refractivity contribution in [2.45, 2.75) is 81.8 Å². The van der Waals surface area contributed by atoms with Gasteiger partial charge in [0.2, 0.25) is 17.7 Å². The van der Waals surface area contributed by atoms with Crippen molar-refractivity contribution in [1.29, 1.82) is 0 Å². The molecule has 1 aliphatic carbocycles. The van der Waals surface area contributed by atoms with E-state index in [9.17, 15) is 56.1 Å². The monoisotopic (exact) mass is 1150 g/mol. The van der Waals surface area contributed by atoms with Crippen LogP contribution in [0.1, 0.15) is 81.3 Å². The van der Waals surface area contributed by atoms with E-state index in [0.29, 0.717) is 47.8 Å². The first-order chi connectivity index (χ1) is 38.1. The molecule has 0 radical (unpaired) electrons. The maximum Gasteiger partial charge on any atom is 0.418 e. The molecule has 4 aliphatic heterocycles. The van der Waals surface area contributed by atoms with Gasteiger partial charge in [-0.25, -0.2) is 23.1 Å². The van der Waals surface area contributed by atoms with Crippen LogP contribution in [0.2, 0.25) is 10.0 Å². The number of benzene rings is 4. The lowest BCUT2D eigenvalue weighted by Gasteiger charge is -2.59.